The molecule has 0 aliphatic rings. The molecule has 0 radical (unpaired) electrons. The van der Waals surface area contributed by atoms with Crippen LogP contribution in [0.2, 0.25) is 0 Å². The summed E-state index contributed by atoms with van der Waals surface area (Å²) in [6, 6.07) is 9.59. The Kier molecular flexibility index (Phi) is 18.9. The van der Waals surface area contributed by atoms with Gasteiger partial charge >= 0.3 is 11.9 Å². The van der Waals surface area contributed by atoms with E-state index in [2.05, 4.69) is 0 Å². The zero-order valence-electron chi connectivity index (χ0n) is 20.4. The lowest BCUT2D eigenvalue weighted by Gasteiger charge is -2.16. The van der Waals surface area contributed by atoms with Crippen molar-refractivity contribution >= 4 is 11.9 Å². The van der Waals surface area contributed by atoms with E-state index in [4.69, 9.17) is 33.2 Å². The lowest BCUT2D eigenvalue weighted by atomic mass is 10.2. The summed E-state index contributed by atoms with van der Waals surface area (Å²) in [6.07, 6.45) is 0. The number of esters is 2. The van der Waals surface area contributed by atoms with Gasteiger partial charge in [0.15, 0.2) is 0 Å². The largest absolute Gasteiger partial charge is 0.464 e. The predicted molar refractivity (Wildman–Crippen MR) is 124 cm³/mol. The highest BCUT2D eigenvalue weighted by Crippen LogP contribution is 2.01. The first kappa shape index (κ1) is 30.0. The fourth-order valence-electron chi connectivity index (χ4n) is 2.54. The number of ether oxygens (including phenoxy) is 7. The first-order valence-corrected chi connectivity index (χ1v) is 11.5. The van der Waals surface area contributed by atoms with E-state index in [1.54, 1.807) is 6.92 Å². The highest BCUT2D eigenvalue weighted by molar-refractivity contribution is 5.71. The first-order chi connectivity index (χ1) is 16.6. The first-order valence-electron chi connectivity index (χ1n) is 11.5. The number of carbonyl (C=O) groups excluding carboxylic acids is 2. The Morgan fingerprint density at radius 3 is 1.79 bits per heavy atom. The molecule has 0 unspecified atom stereocenters. The summed E-state index contributed by atoms with van der Waals surface area (Å²) in [5, 5.41) is 0. The third-order valence-corrected chi connectivity index (χ3v) is 4.27. The minimum atomic E-state index is -0.375. The summed E-state index contributed by atoms with van der Waals surface area (Å²) >= 11 is 0. The molecule has 1 rings (SSSR count). The summed E-state index contributed by atoms with van der Waals surface area (Å²) in [5.41, 5.74) is 0.968. The summed E-state index contributed by atoms with van der Waals surface area (Å²) in [5.74, 6) is -0.636. The van der Waals surface area contributed by atoms with Crippen molar-refractivity contribution in [3.05, 3.63) is 35.9 Å². The predicted octanol–water partition coefficient (Wildman–Crippen LogP) is 1.31. The molecule has 0 aliphatic heterocycles. The smallest absolute Gasteiger partial charge is 0.332 e. The molecule has 1 aromatic rings. The van der Waals surface area contributed by atoms with Crippen LogP contribution in [-0.2, 0) is 49.4 Å². The molecule has 0 aliphatic carbocycles. The van der Waals surface area contributed by atoms with Gasteiger partial charge in [-0.3, -0.25) is 9.69 Å². The van der Waals surface area contributed by atoms with Crippen molar-refractivity contribution in [3.63, 3.8) is 0 Å². The van der Waals surface area contributed by atoms with Crippen molar-refractivity contribution in [2.24, 2.45) is 0 Å². The second kappa shape index (κ2) is 21.5. The second-order valence-corrected chi connectivity index (χ2v) is 7.19. The lowest BCUT2D eigenvalue weighted by Crippen LogP contribution is -2.30. The van der Waals surface area contributed by atoms with Crippen LogP contribution in [0.3, 0.4) is 0 Å². The van der Waals surface area contributed by atoms with Crippen molar-refractivity contribution in [3.8, 4) is 0 Å². The minimum Gasteiger partial charge on any atom is -0.464 e. The molecular formula is C24H39NO9. The molecule has 0 amide bonds. The standard InChI is InChI=1S/C24H39NO9/c1-3-33-24(27)21-32-18-17-31-16-15-30-14-13-29-12-11-28-10-9-25(2)19-23(26)34-20-22-7-5-4-6-8-22/h4-8H,3,9-21H2,1-2H3. The maximum Gasteiger partial charge on any atom is 0.332 e. The number of rotatable bonds is 22. The third-order valence-electron chi connectivity index (χ3n) is 4.27. The van der Waals surface area contributed by atoms with E-state index in [1.165, 1.54) is 0 Å². The van der Waals surface area contributed by atoms with Gasteiger partial charge in [0, 0.05) is 6.54 Å². The fourth-order valence-corrected chi connectivity index (χ4v) is 2.54. The van der Waals surface area contributed by atoms with Gasteiger partial charge in [0.05, 0.1) is 72.6 Å². The molecule has 1 aromatic carbocycles. The maximum atomic E-state index is 11.9. The topological polar surface area (TPSA) is 102 Å². The summed E-state index contributed by atoms with van der Waals surface area (Å²) in [7, 11) is 1.85. The Labute approximate surface area is 202 Å². The van der Waals surface area contributed by atoms with Gasteiger partial charge in [-0.05, 0) is 19.5 Å². The molecule has 0 atom stereocenters. The molecule has 0 fully saturated rings. The number of hydrogen-bond donors (Lipinski definition) is 0. The monoisotopic (exact) mass is 485 g/mol. The highest BCUT2D eigenvalue weighted by Gasteiger charge is 2.08. The van der Waals surface area contributed by atoms with Crippen LogP contribution in [0.4, 0.5) is 0 Å². The Balaban J connectivity index is 1.79. The van der Waals surface area contributed by atoms with Gasteiger partial charge in [-0.15, -0.1) is 0 Å². The maximum absolute atomic E-state index is 11.9. The highest BCUT2D eigenvalue weighted by atomic mass is 16.6. The molecule has 0 bridgehead atoms. The quantitative estimate of drug-likeness (QED) is 0.176. The third kappa shape index (κ3) is 18.4. The normalized spacial score (nSPS) is 11.0. The Bertz CT molecular complexity index is 630. The van der Waals surface area contributed by atoms with Crippen LogP contribution >= 0.6 is 0 Å². The average Bonchev–Trinajstić information content (AvgIpc) is 2.83. The van der Waals surface area contributed by atoms with Crippen LogP contribution in [0.15, 0.2) is 30.3 Å². The van der Waals surface area contributed by atoms with Crippen molar-refractivity contribution in [2.45, 2.75) is 13.5 Å². The molecule has 10 nitrogen and oxygen atoms in total. The number of likely N-dealkylation sites (N-methyl/N-ethyl adjacent to an activating group) is 1. The van der Waals surface area contributed by atoms with Gasteiger partial charge in [-0.25, -0.2) is 4.79 Å². The molecule has 10 heteroatoms. The van der Waals surface area contributed by atoms with E-state index in [-0.39, 0.29) is 31.7 Å². The molecule has 0 aromatic heterocycles. The van der Waals surface area contributed by atoms with Crippen LogP contribution in [0.25, 0.3) is 0 Å². The minimum absolute atomic E-state index is 0.0602. The van der Waals surface area contributed by atoms with Crippen molar-refractivity contribution < 1.29 is 42.7 Å². The lowest BCUT2D eigenvalue weighted by molar-refractivity contribution is -0.149. The second-order valence-electron chi connectivity index (χ2n) is 7.19. The average molecular weight is 486 g/mol. The van der Waals surface area contributed by atoms with Crippen LogP contribution in [0.1, 0.15) is 12.5 Å². The molecule has 194 valence electrons. The zero-order chi connectivity index (χ0) is 24.7. The Morgan fingerprint density at radius 1 is 0.706 bits per heavy atom. The van der Waals surface area contributed by atoms with Crippen LogP contribution < -0.4 is 0 Å². The van der Waals surface area contributed by atoms with Gasteiger partial charge in [0.25, 0.3) is 0 Å². The molecule has 0 saturated heterocycles. The van der Waals surface area contributed by atoms with E-state index in [1.807, 2.05) is 42.3 Å². The number of carbonyl (C=O) groups is 2. The van der Waals surface area contributed by atoms with Crippen LogP contribution in [0, 0.1) is 0 Å². The van der Waals surface area contributed by atoms with Gasteiger partial charge in [-0.1, -0.05) is 30.3 Å². The van der Waals surface area contributed by atoms with E-state index in [0.29, 0.717) is 72.6 Å². The summed E-state index contributed by atoms with van der Waals surface area (Å²) in [6.45, 7) is 7.17. The fraction of sp³-hybridized carbons (Fsp3) is 0.667. The van der Waals surface area contributed by atoms with Crippen molar-refractivity contribution in [2.75, 3.05) is 92.8 Å². The van der Waals surface area contributed by atoms with Crippen LogP contribution in [-0.4, -0.2) is 110 Å². The number of nitrogens with zero attached hydrogens (tertiary/aromatic N) is 1. The van der Waals surface area contributed by atoms with E-state index in [9.17, 15) is 9.59 Å². The molecule has 0 N–H and O–H groups in total. The zero-order valence-corrected chi connectivity index (χ0v) is 20.4. The number of benzene rings is 1. The van der Waals surface area contributed by atoms with Gasteiger partial charge in [-0.2, -0.15) is 0 Å². The molecule has 34 heavy (non-hydrogen) atoms. The molecule has 0 heterocycles. The van der Waals surface area contributed by atoms with Crippen LogP contribution in [0.5, 0.6) is 0 Å². The van der Waals surface area contributed by atoms with Gasteiger partial charge in [0.2, 0.25) is 0 Å². The van der Waals surface area contributed by atoms with Gasteiger partial charge < -0.3 is 33.2 Å². The molecule has 0 spiro atoms. The Morgan fingerprint density at radius 2 is 1.24 bits per heavy atom. The SMILES string of the molecule is CCOC(=O)COCCOCCOCCOCCOCCN(C)CC(=O)OCc1ccccc1. The molecule has 0 saturated carbocycles. The van der Waals surface area contributed by atoms with E-state index >= 15 is 0 Å². The number of hydrogen-bond acceptors (Lipinski definition) is 10. The van der Waals surface area contributed by atoms with E-state index in [0.717, 1.165) is 5.56 Å². The molecular weight excluding hydrogens is 446 g/mol. The van der Waals surface area contributed by atoms with Gasteiger partial charge in [0.1, 0.15) is 13.2 Å². The summed E-state index contributed by atoms with van der Waals surface area (Å²) in [4.78, 5) is 24.8. The Hall–Kier alpha value is -2.08. The van der Waals surface area contributed by atoms with E-state index < -0.39 is 0 Å². The summed E-state index contributed by atoms with van der Waals surface area (Å²) < 4.78 is 36.8. The van der Waals surface area contributed by atoms with Crippen molar-refractivity contribution in [1.82, 2.24) is 4.90 Å². The van der Waals surface area contributed by atoms with Crippen molar-refractivity contribution in [1.29, 1.82) is 0 Å².